The van der Waals surface area contributed by atoms with Crippen molar-refractivity contribution in [3.63, 3.8) is 0 Å². The van der Waals surface area contributed by atoms with Crippen molar-refractivity contribution in [2.45, 2.75) is 19.8 Å². The number of ketones is 1. The van der Waals surface area contributed by atoms with Crippen LogP contribution in [0, 0.1) is 0 Å². The molecule has 1 N–H and O–H groups in total. The molecular weight excluding hydrogens is 272 g/mol. The van der Waals surface area contributed by atoms with Crippen molar-refractivity contribution >= 4 is 11.8 Å². The maximum Gasteiger partial charge on any atom is 0.371 e. The molecule has 1 aromatic carbocycles. The van der Waals surface area contributed by atoms with Crippen molar-refractivity contribution < 1.29 is 23.8 Å². The van der Waals surface area contributed by atoms with Crippen LogP contribution in [0.15, 0.2) is 40.8 Å². The van der Waals surface area contributed by atoms with Crippen molar-refractivity contribution in [2.75, 3.05) is 6.61 Å². The third kappa shape index (κ3) is 3.72. The summed E-state index contributed by atoms with van der Waals surface area (Å²) in [5.74, 6) is -1.10. The van der Waals surface area contributed by atoms with Gasteiger partial charge in [0.05, 0.1) is 6.61 Å². The van der Waals surface area contributed by atoms with E-state index in [-0.39, 0.29) is 17.3 Å². The Bertz CT molecular complexity index is 624. The molecule has 0 saturated heterocycles. The highest BCUT2D eigenvalue weighted by molar-refractivity contribution is 6.07. The van der Waals surface area contributed by atoms with Gasteiger partial charge in [0.1, 0.15) is 5.75 Å². The molecule has 0 bridgehead atoms. The molecule has 0 aliphatic heterocycles. The standard InChI is InChI=1S/C16H16O5/c1-2-3-10-20-12-6-4-11(5-7-12)15(17)13-8-9-14(21-13)16(18)19/h4-9H,2-3,10H2,1H3,(H,18,19). The molecule has 0 atom stereocenters. The smallest absolute Gasteiger partial charge is 0.371 e. The van der Waals surface area contributed by atoms with Gasteiger partial charge in [0.15, 0.2) is 5.76 Å². The molecule has 0 amide bonds. The minimum Gasteiger partial charge on any atom is -0.494 e. The fourth-order valence-electron chi connectivity index (χ4n) is 1.75. The van der Waals surface area contributed by atoms with Crippen LogP contribution in [-0.2, 0) is 0 Å². The van der Waals surface area contributed by atoms with Gasteiger partial charge in [-0.2, -0.15) is 0 Å². The van der Waals surface area contributed by atoms with Crippen LogP contribution in [0.3, 0.4) is 0 Å². The Kier molecular flexibility index (Phi) is 4.77. The van der Waals surface area contributed by atoms with E-state index < -0.39 is 5.97 Å². The predicted molar refractivity (Wildman–Crippen MR) is 75.9 cm³/mol. The highest BCUT2D eigenvalue weighted by Gasteiger charge is 2.16. The van der Waals surface area contributed by atoms with Gasteiger partial charge in [-0.05, 0) is 42.8 Å². The summed E-state index contributed by atoms with van der Waals surface area (Å²) in [6, 6.07) is 9.31. The minimum absolute atomic E-state index is 0.00653. The summed E-state index contributed by atoms with van der Waals surface area (Å²) in [7, 11) is 0. The summed E-state index contributed by atoms with van der Waals surface area (Å²) in [6.07, 6.45) is 2.03. The zero-order chi connectivity index (χ0) is 15.2. The second-order valence-electron chi connectivity index (χ2n) is 4.52. The average Bonchev–Trinajstić information content (AvgIpc) is 2.97. The van der Waals surface area contributed by atoms with E-state index in [1.165, 1.54) is 12.1 Å². The number of benzene rings is 1. The maximum absolute atomic E-state index is 12.1. The molecule has 110 valence electrons. The Hall–Kier alpha value is -2.56. The summed E-state index contributed by atoms with van der Waals surface area (Å²) in [5.41, 5.74) is 0.420. The van der Waals surface area contributed by atoms with E-state index in [9.17, 15) is 9.59 Å². The van der Waals surface area contributed by atoms with Crippen LogP contribution < -0.4 is 4.74 Å². The number of furan rings is 1. The van der Waals surface area contributed by atoms with Gasteiger partial charge in [-0.15, -0.1) is 0 Å². The largest absolute Gasteiger partial charge is 0.494 e. The van der Waals surface area contributed by atoms with Crippen LogP contribution in [-0.4, -0.2) is 23.5 Å². The summed E-state index contributed by atoms with van der Waals surface area (Å²) >= 11 is 0. The van der Waals surface area contributed by atoms with Crippen LogP contribution >= 0.6 is 0 Å². The van der Waals surface area contributed by atoms with E-state index in [0.29, 0.717) is 17.9 Å². The number of hydrogen-bond acceptors (Lipinski definition) is 4. The predicted octanol–water partition coefficient (Wildman–Crippen LogP) is 3.39. The Balaban J connectivity index is 2.06. The lowest BCUT2D eigenvalue weighted by Gasteiger charge is -2.05. The fourth-order valence-corrected chi connectivity index (χ4v) is 1.75. The Labute approximate surface area is 122 Å². The second kappa shape index (κ2) is 6.74. The van der Waals surface area contributed by atoms with E-state index in [1.807, 2.05) is 0 Å². The normalized spacial score (nSPS) is 10.3. The van der Waals surface area contributed by atoms with Gasteiger partial charge in [-0.1, -0.05) is 13.3 Å². The molecule has 2 rings (SSSR count). The van der Waals surface area contributed by atoms with Crippen LogP contribution in [0.4, 0.5) is 0 Å². The van der Waals surface area contributed by atoms with Crippen molar-refractivity contribution in [3.8, 4) is 5.75 Å². The first-order valence-electron chi connectivity index (χ1n) is 6.72. The van der Waals surface area contributed by atoms with Crippen molar-refractivity contribution in [2.24, 2.45) is 0 Å². The molecule has 2 aromatic rings. The minimum atomic E-state index is -1.20. The average molecular weight is 288 g/mol. The molecule has 0 radical (unpaired) electrons. The van der Waals surface area contributed by atoms with Gasteiger partial charge in [-0.25, -0.2) is 4.79 Å². The van der Waals surface area contributed by atoms with Crippen LogP contribution in [0.1, 0.15) is 46.4 Å². The molecule has 1 aromatic heterocycles. The second-order valence-corrected chi connectivity index (χ2v) is 4.52. The number of unbranched alkanes of at least 4 members (excludes halogenated alkanes) is 1. The first-order valence-corrected chi connectivity index (χ1v) is 6.72. The fraction of sp³-hybridized carbons (Fsp3) is 0.250. The highest BCUT2D eigenvalue weighted by atomic mass is 16.5. The lowest BCUT2D eigenvalue weighted by molar-refractivity contribution is 0.0660. The van der Waals surface area contributed by atoms with Gasteiger partial charge in [-0.3, -0.25) is 4.79 Å². The molecule has 0 spiro atoms. The SMILES string of the molecule is CCCCOc1ccc(C(=O)c2ccc(C(=O)O)o2)cc1. The molecule has 0 fully saturated rings. The quantitative estimate of drug-likeness (QED) is 0.624. The molecule has 21 heavy (non-hydrogen) atoms. The topological polar surface area (TPSA) is 76.7 Å². The van der Waals surface area contributed by atoms with Gasteiger partial charge in [0.2, 0.25) is 11.5 Å². The lowest BCUT2D eigenvalue weighted by Crippen LogP contribution is -2.01. The van der Waals surface area contributed by atoms with Gasteiger partial charge >= 0.3 is 5.97 Å². The number of hydrogen-bond donors (Lipinski definition) is 1. The summed E-state index contributed by atoms with van der Waals surface area (Å²) in [4.78, 5) is 22.8. The van der Waals surface area contributed by atoms with E-state index in [2.05, 4.69) is 6.92 Å². The van der Waals surface area contributed by atoms with Crippen molar-refractivity contribution in [1.29, 1.82) is 0 Å². The number of rotatable bonds is 7. The third-order valence-corrected chi connectivity index (χ3v) is 2.92. The first-order chi connectivity index (χ1) is 10.1. The molecule has 0 unspecified atom stereocenters. The number of carboxylic acids is 1. The summed E-state index contributed by atoms with van der Waals surface area (Å²) in [5, 5.41) is 8.77. The van der Waals surface area contributed by atoms with Crippen LogP contribution in [0.5, 0.6) is 5.75 Å². The van der Waals surface area contributed by atoms with Crippen LogP contribution in [0.2, 0.25) is 0 Å². The van der Waals surface area contributed by atoms with Gasteiger partial charge in [0, 0.05) is 5.56 Å². The van der Waals surface area contributed by atoms with Crippen molar-refractivity contribution in [3.05, 3.63) is 53.5 Å². The molecule has 5 nitrogen and oxygen atoms in total. The van der Waals surface area contributed by atoms with E-state index in [0.717, 1.165) is 12.8 Å². The number of ether oxygens (including phenoxy) is 1. The highest BCUT2D eigenvalue weighted by Crippen LogP contribution is 2.17. The first kappa shape index (κ1) is 14.8. The van der Waals surface area contributed by atoms with E-state index in [1.54, 1.807) is 24.3 Å². The number of carbonyl (C=O) groups is 2. The molecule has 0 aliphatic rings. The lowest BCUT2D eigenvalue weighted by atomic mass is 10.1. The van der Waals surface area contributed by atoms with E-state index in [4.69, 9.17) is 14.3 Å². The summed E-state index contributed by atoms with van der Waals surface area (Å²) < 4.78 is 10.5. The molecular formula is C16H16O5. The molecule has 0 saturated carbocycles. The molecule has 0 aliphatic carbocycles. The maximum atomic E-state index is 12.1. The molecule has 1 heterocycles. The van der Waals surface area contributed by atoms with Crippen molar-refractivity contribution in [1.82, 2.24) is 0 Å². The van der Waals surface area contributed by atoms with Gasteiger partial charge < -0.3 is 14.3 Å². The van der Waals surface area contributed by atoms with Gasteiger partial charge in [0.25, 0.3) is 0 Å². The zero-order valence-corrected chi connectivity index (χ0v) is 11.7. The summed E-state index contributed by atoms with van der Waals surface area (Å²) in [6.45, 7) is 2.73. The Morgan fingerprint density at radius 1 is 1.10 bits per heavy atom. The van der Waals surface area contributed by atoms with Crippen LogP contribution in [0.25, 0.3) is 0 Å². The number of aromatic carboxylic acids is 1. The Morgan fingerprint density at radius 2 is 1.76 bits per heavy atom. The third-order valence-electron chi connectivity index (χ3n) is 2.92. The Morgan fingerprint density at radius 3 is 2.33 bits per heavy atom. The molecule has 5 heteroatoms. The monoisotopic (exact) mass is 288 g/mol. The number of carbonyl (C=O) groups excluding carboxylic acids is 1. The van der Waals surface area contributed by atoms with E-state index >= 15 is 0 Å². The number of carboxylic acid groups (broad SMARTS) is 1. The zero-order valence-electron chi connectivity index (χ0n) is 11.7.